The number of carbonyl (C=O) groups excluding carboxylic acids is 1. The van der Waals surface area contributed by atoms with Crippen molar-refractivity contribution in [2.75, 3.05) is 12.4 Å². The first-order valence-electron chi connectivity index (χ1n) is 4.68. The van der Waals surface area contributed by atoms with Crippen LogP contribution in [0.4, 0.5) is 0 Å². The van der Waals surface area contributed by atoms with Crippen molar-refractivity contribution in [2.24, 2.45) is 5.92 Å². The van der Waals surface area contributed by atoms with E-state index in [1.807, 2.05) is 6.92 Å². The molecule has 0 fully saturated rings. The van der Waals surface area contributed by atoms with Crippen molar-refractivity contribution >= 4 is 34.0 Å². The van der Waals surface area contributed by atoms with Crippen molar-refractivity contribution < 1.29 is 19.4 Å². The van der Waals surface area contributed by atoms with Gasteiger partial charge < -0.3 is 9.84 Å². The van der Waals surface area contributed by atoms with E-state index in [0.29, 0.717) is 18.8 Å². The van der Waals surface area contributed by atoms with Gasteiger partial charge in [0.1, 0.15) is 6.61 Å². The summed E-state index contributed by atoms with van der Waals surface area (Å²) in [5.41, 5.74) is 0. The van der Waals surface area contributed by atoms with Crippen LogP contribution in [0.2, 0.25) is 0 Å². The van der Waals surface area contributed by atoms with Crippen LogP contribution in [-0.4, -0.2) is 35.2 Å². The fourth-order valence-electron chi connectivity index (χ4n) is 0.669. The van der Waals surface area contributed by atoms with Crippen molar-refractivity contribution in [1.82, 2.24) is 0 Å². The van der Waals surface area contributed by atoms with Crippen LogP contribution in [0.3, 0.4) is 0 Å². The molecule has 15 heavy (non-hydrogen) atoms. The van der Waals surface area contributed by atoms with Gasteiger partial charge in [-0.1, -0.05) is 35.4 Å². The Morgan fingerprint density at radius 3 is 2.73 bits per heavy atom. The summed E-state index contributed by atoms with van der Waals surface area (Å²) in [5.74, 6) is -0.551. The Labute approximate surface area is 97.5 Å². The molecule has 0 aliphatic rings. The summed E-state index contributed by atoms with van der Waals surface area (Å²) < 4.78 is 4.66. The highest BCUT2D eigenvalue weighted by molar-refractivity contribution is 8.76. The SMILES string of the molecule is CCC(COC=O)SSCC(C)C(=O)O. The van der Waals surface area contributed by atoms with E-state index in [9.17, 15) is 9.59 Å². The van der Waals surface area contributed by atoms with Crippen molar-refractivity contribution in [1.29, 1.82) is 0 Å². The number of rotatable bonds is 9. The molecular weight excluding hydrogens is 236 g/mol. The minimum atomic E-state index is -0.778. The van der Waals surface area contributed by atoms with E-state index < -0.39 is 5.97 Å². The maximum Gasteiger partial charge on any atom is 0.307 e. The normalized spacial score (nSPS) is 14.3. The zero-order valence-corrected chi connectivity index (χ0v) is 10.5. The highest BCUT2D eigenvalue weighted by Crippen LogP contribution is 2.30. The summed E-state index contributed by atoms with van der Waals surface area (Å²) in [6.45, 7) is 4.51. The molecule has 88 valence electrons. The molecular formula is C9H16O4S2. The third-order valence-corrected chi connectivity index (χ3v) is 4.90. The minimum Gasteiger partial charge on any atom is -0.481 e. The van der Waals surface area contributed by atoms with Crippen LogP contribution in [0, 0.1) is 5.92 Å². The topological polar surface area (TPSA) is 63.6 Å². The number of carboxylic acid groups (broad SMARTS) is 1. The van der Waals surface area contributed by atoms with Gasteiger partial charge in [-0.2, -0.15) is 0 Å². The van der Waals surface area contributed by atoms with Gasteiger partial charge >= 0.3 is 5.97 Å². The van der Waals surface area contributed by atoms with E-state index in [1.165, 1.54) is 10.8 Å². The first-order valence-corrected chi connectivity index (χ1v) is 7.06. The summed E-state index contributed by atoms with van der Waals surface area (Å²) in [5, 5.41) is 8.89. The van der Waals surface area contributed by atoms with Gasteiger partial charge in [0.25, 0.3) is 6.47 Å². The number of hydrogen-bond donors (Lipinski definition) is 1. The quantitative estimate of drug-likeness (QED) is 0.500. The van der Waals surface area contributed by atoms with Crippen molar-refractivity contribution in [3.63, 3.8) is 0 Å². The van der Waals surface area contributed by atoms with E-state index >= 15 is 0 Å². The Kier molecular flexibility index (Phi) is 8.70. The maximum atomic E-state index is 10.5. The summed E-state index contributed by atoms with van der Waals surface area (Å²) in [4.78, 5) is 20.5. The smallest absolute Gasteiger partial charge is 0.307 e. The molecule has 0 radical (unpaired) electrons. The Morgan fingerprint density at radius 2 is 2.27 bits per heavy atom. The van der Waals surface area contributed by atoms with Crippen molar-refractivity contribution in [2.45, 2.75) is 25.5 Å². The van der Waals surface area contributed by atoms with Crippen LogP contribution in [0.25, 0.3) is 0 Å². The highest BCUT2D eigenvalue weighted by Gasteiger charge is 2.13. The molecule has 2 unspecified atom stereocenters. The Bertz CT molecular complexity index is 199. The van der Waals surface area contributed by atoms with Gasteiger partial charge in [0.2, 0.25) is 0 Å². The average molecular weight is 252 g/mol. The molecule has 0 aromatic heterocycles. The Hall–Kier alpha value is -0.360. The van der Waals surface area contributed by atoms with Crippen LogP contribution >= 0.6 is 21.6 Å². The zero-order valence-electron chi connectivity index (χ0n) is 8.84. The monoisotopic (exact) mass is 252 g/mol. The molecule has 0 amide bonds. The Morgan fingerprint density at radius 1 is 1.60 bits per heavy atom. The average Bonchev–Trinajstić information content (AvgIpc) is 2.22. The van der Waals surface area contributed by atoms with E-state index in [1.54, 1.807) is 17.7 Å². The van der Waals surface area contributed by atoms with E-state index in [4.69, 9.17) is 5.11 Å². The first-order chi connectivity index (χ1) is 7.11. The maximum absolute atomic E-state index is 10.5. The van der Waals surface area contributed by atoms with E-state index in [-0.39, 0.29) is 11.2 Å². The number of carboxylic acids is 1. The van der Waals surface area contributed by atoms with Gasteiger partial charge in [-0.25, -0.2) is 0 Å². The lowest BCUT2D eigenvalue weighted by molar-refractivity contribution is -0.140. The summed E-state index contributed by atoms with van der Waals surface area (Å²) in [7, 11) is 3.09. The summed E-state index contributed by atoms with van der Waals surface area (Å²) >= 11 is 0. The number of hydrogen-bond acceptors (Lipinski definition) is 5. The van der Waals surface area contributed by atoms with E-state index in [2.05, 4.69) is 4.74 Å². The van der Waals surface area contributed by atoms with Gasteiger partial charge in [0.15, 0.2) is 0 Å². The summed E-state index contributed by atoms with van der Waals surface area (Å²) in [6.07, 6.45) is 0.896. The molecule has 1 N–H and O–H groups in total. The minimum absolute atomic E-state index is 0.237. The highest BCUT2D eigenvalue weighted by atomic mass is 33.1. The predicted molar refractivity (Wildman–Crippen MR) is 62.9 cm³/mol. The van der Waals surface area contributed by atoms with Crippen LogP contribution in [0.15, 0.2) is 0 Å². The largest absolute Gasteiger partial charge is 0.481 e. The lowest BCUT2D eigenvalue weighted by Crippen LogP contribution is -2.13. The molecule has 0 aliphatic carbocycles. The fraction of sp³-hybridized carbons (Fsp3) is 0.778. The van der Waals surface area contributed by atoms with Gasteiger partial charge in [-0.05, 0) is 6.42 Å². The van der Waals surface area contributed by atoms with Crippen LogP contribution < -0.4 is 0 Å². The lowest BCUT2D eigenvalue weighted by Gasteiger charge is -2.12. The van der Waals surface area contributed by atoms with E-state index in [0.717, 1.165) is 6.42 Å². The van der Waals surface area contributed by atoms with Crippen LogP contribution in [-0.2, 0) is 14.3 Å². The molecule has 0 aromatic rings. The predicted octanol–water partition coefficient (Wildman–Crippen LogP) is 2.04. The third-order valence-electron chi connectivity index (χ3n) is 1.75. The number of carbonyl (C=O) groups is 2. The van der Waals surface area contributed by atoms with Crippen molar-refractivity contribution in [3.05, 3.63) is 0 Å². The molecule has 0 rings (SSSR count). The second-order valence-electron chi connectivity index (χ2n) is 3.08. The molecule has 0 saturated carbocycles. The molecule has 0 aliphatic heterocycles. The molecule has 0 saturated heterocycles. The van der Waals surface area contributed by atoms with Gasteiger partial charge in [0, 0.05) is 11.0 Å². The third kappa shape index (κ3) is 7.56. The summed E-state index contributed by atoms with van der Waals surface area (Å²) in [6, 6.07) is 0. The molecule has 0 bridgehead atoms. The lowest BCUT2D eigenvalue weighted by atomic mass is 10.2. The van der Waals surface area contributed by atoms with Crippen LogP contribution in [0.5, 0.6) is 0 Å². The first kappa shape index (κ1) is 14.6. The molecule has 0 aromatic carbocycles. The number of ether oxygens (including phenoxy) is 1. The molecule has 6 heteroatoms. The zero-order chi connectivity index (χ0) is 11.7. The molecule has 2 atom stereocenters. The molecule has 0 heterocycles. The van der Waals surface area contributed by atoms with Gasteiger partial charge in [-0.3, -0.25) is 9.59 Å². The van der Waals surface area contributed by atoms with Gasteiger partial charge in [0.05, 0.1) is 5.92 Å². The van der Waals surface area contributed by atoms with Crippen LogP contribution in [0.1, 0.15) is 20.3 Å². The molecule has 4 nitrogen and oxygen atoms in total. The molecule has 0 spiro atoms. The standard InChI is InChI=1S/C9H16O4S2/c1-3-8(4-13-6-10)15-14-5-7(2)9(11)12/h6-8H,3-5H2,1-2H3,(H,11,12). The Balaban J connectivity index is 3.62. The van der Waals surface area contributed by atoms with Crippen molar-refractivity contribution in [3.8, 4) is 0 Å². The number of aliphatic carboxylic acids is 1. The van der Waals surface area contributed by atoms with Gasteiger partial charge in [-0.15, -0.1) is 0 Å². The second-order valence-corrected chi connectivity index (χ2v) is 5.79. The fourth-order valence-corrected chi connectivity index (χ4v) is 3.56. The second kappa shape index (κ2) is 8.91.